The molecule has 3 aromatic rings. The fourth-order valence-corrected chi connectivity index (χ4v) is 3.85. The minimum absolute atomic E-state index is 0.315. The van der Waals surface area contributed by atoms with Gasteiger partial charge in [0.15, 0.2) is 0 Å². The second-order valence-corrected chi connectivity index (χ2v) is 7.65. The minimum atomic E-state index is -4.25. The summed E-state index contributed by atoms with van der Waals surface area (Å²) in [4.78, 5) is 26.7. The number of hydrazine groups is 1. The Kier molecular flexibility index (Phi) is 5.43. The Bertz CT molecular complexity index is 1140. The van der Waals surface area contributed by atoms with E-state index in [1.54, 1.807) is 18.2 Å². The normalized spacial score (nSPS) is 12.5. The highest BCUT2D eigenvalue weighted by molar-refractivity contribution is 7.89. The number of aromatic amines is 1. The molecule has 0 unspecified atom stereocenters. The first-order chi connectivity index (χ1) is 13.3. The van der Waals surface area contributed by atoms with Crippen LogP contribution in [0.2, 0.25) is 0 Å². The van der Waals surface area contributed by atoms with Crippen LogP contribution in [0.3, 0.4) is 0 Å². The molecule has 1 aromatic heterocycles. The van der Waals surface area contributed by atoms with Gasteiger partial charge >= 0.3 is 0 Å². The first-order valence-electron chi connectivity index (χ1n) is 8.23. The predicted molar refractivity (Wildman–Crippen MR) is 100 cm³/mol. The maximum atomic E-state index is 13.7. The van der Waals surface area contributed by atoms with Gasteiger partial charge in [-0.2, -0.15) is 4.72 Å². The van der Waals surface area contributed by atoms with Crippen molar-refractivity contribution in [1.29, 1.82) is 0 Å². The molecule has 1 heterocycles. The smallest absolute Gasteiger partial charge is 0.271 e. The summed E-state index contributed by atoms with van der Waals surface area (Å²) in [5, 5.41) is 0.669. The van der Waals surface area contributed by atoms with Gasteiger partial charge in [0, 0.05) is 17.1 Å². The van der Waals surface area contributed by atoms with Gasteiger partial charge in [0.05, 0.1) is 11.6 Å². The van der Waals surface area contributed by atoms with E-state index in [1.165, 1.54) is 25.3 Å². The van der Waals surface area contributed by atoms with Crippen LogP contribution >= 0.6 is 0 Å². The minimum Gasteiger partial charge on any atom is -0.360 e. The molecular formula is C18H17FN4O4S. The molecule has 0 aliphatic heterocycles. The molecule has 4 N–H and O–H groups in total. The number of halogens is 1. The van der Waals surface area contributed by atoms with Crippen LogP contribution in [-0.4, -0.2) is 31.3 Å². The third-order valence-electron chi connectivity index (χ3n) is 3.98. The van der Waals surface area contributed by atoms with E-state index in [2.05, 4.69) is 20.6 Å². The molecule has 0 radical (unpaired) electrons. The third kappa shape index (κ3) is 4.02. The number of para-hydroxylation sites is 1. The van der Waals surface area contributed by atoms with Gasteiger partial charge in [-0.1, -0.05) is 30.3 Å². The van der Waals surface area contributed by atoms with Crippen molar-refractivity contribution < 1.29 is 22.4 Å². The van der Waals surface area contributed by atoms with Crippen LogP contribution in [0.1, 0.15) is 17.3 Å². The standard InChI is InChI=1S/C18H17FN4O4S/c1-11(23-28(26,27)16-9-5-3-7-14(16)19)17(24)21-22-18(25)13-10-20-15-8-4-2-6-12(13)15/h2-11,20,23H,1H3,(H,21,24)(H,22,25)/t11-/m0/s1. The molecule has 2 amide bonds. The van der Waals surface area contributed by atoms with Crippen LogP contribution in [-0.2, 0) is 14.8 Å². The van der Waals surface area contributed by atoms with E-state index in [1.807, 2.05) is 6.07 Å². The molecule has 1 atom stereocenters. The van der Waals surface area contributed by atoms with E-state index in [4.69, 9.17) is 0 Å². The Balaban J connectivity index is 1.63. The number of carbonyl (C=O) groups is 2. The fourth-order valence-electron chi connectivity index (χ4n) is 2.57. The Hall–Kier alpha value is -3.24. The molecule has 8 nitrogen and oxygen atoms in total. The summed E-state index contributed by atoms with van der Waals surface area (Å²) in [5.74, 6) is -2.32. The number of hydrogen-bond acceptors (Lipinski definition) is 4. The molecule has 0 fully saturated rings. The lowest BCUT2D eigenvalue weighted by Crippen LogP contribution is -2.51. The summed E-state index contributed by atoms with van der Waals surface area (Å²) in [6.07, 6.45) is 1.50. The van der Waals surface area contributed by atoms with Crippen LogP contribution in [0.25, 0.3) is 10.9 Å². The number of fused-ring (bicyclic) bond motifs is 1. The van der Waals surface area contributed by atoms with Gasteiger partial charge in [0.1, 0.15) is 10.7 Å². The third-order valence-corrected chi connectivity index (χ3v) is 5.56. The first-order valence-corrected chi connectivity index (χ1v) is 9.71. The molecule has 0 bridgehead atoms. The van der Waals surface area contributed by atoms with Gasteiger partial charge in [-0.15, -0.1) is 0 Å². The van der Waals surface area contributed by atoms with Crippen LogP contribution in [0.4, 0.5) is 4.39 Å². The number of nitrogens with one attached hydrogen (secondary N) is 4. The molecule has 28 heavy (non-hydrogen) atoms. The molecule has 0 saturated heterocycles. The zero-order valence-corrected chi connectivity index (χ0v) is 15.5. The summed E-state index contributed by atoms with van der Waals surface area (Å²) in [6, 6.07) is 10.7. The maximum absolute atomic E-state index is 13.7. The van der Waals surface area contributed by atoms with Gasteiger partial charge in [-0.05, 0) is 25.1 Å². The summed E-state index contributed by atoms with van der Waals surface area (Å²) < 4.78 is 40.2. The highest BCUT2D eigenvalue weighted by Crippen LogP contribution is 2.17. The Labute approximate surface area is 160 Å². The van der Waals surface area contributed by atoms with Crippen molar-refractivity contribution in [2.45, 2.75) is 17.9 Å². The van der Waals surface area contributed by atoms with E-state index in [0.29, 0.717) is 10.9 Å². The number of amides is 2. The van der Waals surface area contributed by atoms with Gasteiger partial charge < -0.3 is 4.98 Å². The van der Waals surface area contributed by atoms with Crippen LogP contribution < -0.4 is 15.6 Å². The second-order valence-electron chi connectivity index (χ2n) is 5.96. The van der Waals surface area contributed by atoms with Crippen LogP contribution in [0.15, 0.2) is 59.6 Å². The van der Waals surface area contributed by atoms with Crippen molar-refractivity contribution in [1.82, 2.24) is 20.6 Å². The first kappa shape index (κ1) is 19.5. The maximum Gasteiger partial charge on any atom is 0.271 e. The van der Waals surface area contributed by atoms with Crippen molar-refractivity contribution in [2.24, 2.45) is 0 Å². The van der Waals surface area contributed by atoms with E-state index < -0.39 is 38.6 Å². The number of sulfonamides is 1. The Morgan fingerprint density at radius 1 is 1.04 bits per heavy atom. The molecule has 0 saturated carbocycles. The molecule has 10 heteroatoms. The molecular weight excluding hydrogens is 387 g/mol. The molecule has 0 aliphatic rings. The van der Waals surface area contributed by atoms with Crippen molar-refractivity contribution in [3.8, 4) is 0 Å². The number of H-pyrrole nitrogens is 1. The summed E-state index contributed by atoms with van der Waals surface area (Å²) >= 11 is 0. The number of rotatable bonds is 5. The van der Waals surface area contributed by atoms with Crippen LogP contribution in [0.5, 0.6) is 0 Å². The van der Waals surface area contributed by atoms with Gasteiger partial charge in [0.2, 0.25) is 10.0 Å². The molecule has 0 aliphatic carbocycles. The van der Waals surface area contributed by atoms with Crippen LogP contribution in [0, 0.1) is 5.82 Å². The van der Waals surface area contributed by atoms with Crippen molar-refractivity contribution in [3.05, 3.63) is 66.1 Å². The van der Waals surface area contributed by atoms with Crippen molar-refractivity contribution >= 4 is 32.7 Å². The van der Waals surface area contributed by atoms with Crippen molar-refractivity contribution in [2.75, 3.05) is 0 Å². The Morgan fingerprint density at radius 2 is 1.71 bits per heavy atom. The number of carbonyl (C=O) groups excluding carboxylic acids is 2. The predicted octanol–water partition coefficient (Wildman–Crippen LogP) is 1.43. The molecule has 3 rings (SSSR count). The SMILES string of the molecule is C[C@H](NS(=O)(=O)c1ccccc1F)C(=O)NNC(=O)c1c[nH]c2ccccc12. The number of benzene rings is 2. The largest absolute Gasteiger partial charge is 0.360 e. The second kappa shape index (κ2) is 7.79. The van der Waals surface area contributed by atoms with Gasteiger partial charge in [-0.3, -0.25) is 20.4 Å². The Morgan fingerprint density at radius 3 is 2.46 bits per heavy atom. The summed E-state index contributed by atoms with van der Waals surface area (Å²) in [5.41, 5.74) is 5.45. The fraction of sp³-hybridized carbons (Fsp3) is 0.111. The number of aromatic nitrogens is 1. The van der Waals surface area contributed by atoms with E-state index >= 15 is 0 Å². The lowest BCUT2D eigenvalue weighted by molar-refractivity contribution is -0.123. The summed E-state index contributed by atoms with van der Waals surface area (Å²) in [7, 11) is -4.25. The highest BCUT2D eigenvalue weighted by atomic mass is 32.2. The van der Waals surface area contributed by atoms with Crippen molar-refractivity contribution in [3.63, 3.8) is 0 Å². The highest BCUT2D eigenvalue weighted by Gasteiger charge is 2.25. The zero-order valence-electron chi connectivity index (χ0n) is 14.7. The molecule has 146 valence electrons. The molecule has 0 spiro atoms. The average molecular weight is 404 g/mol. The van der Waals surface area contributed by atoms with E-state index in [0.717, 1.165) is 17.6 Å². The molecule has 2 aromatic carbocycles. The van der Waals surface area contributed by atoms with E-state index in [9.17, 15) is 22.4 Å². The van der Waals surface area contributed by atoms with Gasteiger partial charge in [-0.25, -0.2) is 12.8 Å². The average Bonchev–Trinajstić information content (AvgIpc) is 3.10. The van der Waals surface area contributed by atoms with E-state index in [-0.39, 0.29) is 0 Å². The monoisotopic (exact) mass is 404 g/mol. The lowest BCUT2D eigenvalue weighted by atomic mass is 10.2. The lowest BCUT2D eigenvalue weighted by Gasteiger charge is -2.15. The topological polar surface area (TPSA) is 120 Å². The number of hydrogen-bond donors (Lipinski definition) is 4. The zero-order chi connectivity index (χ0) is 20.3. The van der Waals surface area contributed by atoms with Gasteiger partial charge in [0.25, 0.3) is 11.8 Å². The summed E-state index contributed by atoms with van der Waals surface area (Å²) in [6.45, 7) is 1.27. The quantitative estimate of drug-likeness (QED) is 0.481.